The summed E-state index contributed by atoms with van der Waals surface area (Å²) in [5.74, 6) is 1.01. The van der Waals surface area contributed by atoms with Crippen LogP contribution in [-0.4, -0.2) is 46.4 Å². The molecule has 0 amide bonds. The Bertz CT molecular complexity index is 655. The Morgan fingerprint density at radius 2 is 1.76 bits per heavy atom. The maximum atomic E-state index is 9.39. The monoisotopic (exact) mass is 289 g/mol. The van der Waals surface area contributed by atoms with Crippen LogP contribution in [0.15, 0.2) is 12.1 Å². The first-order valence-corrected chi connectivity index (χ1v) is 6.99. The highest BCUT2D eigenvalue weighted by Crippen LogP contribution is 2.25. The third-order valence-electron chi connectivity index (χ3n) is 3.78. The number of nitrogen functional groups attached to an aromatic ring is 1. The first kappa shape index (κ1) is 14.0. The van der Waals surface area contributed by atoms with E-state index in [4.69, 9.17) is 5.73 Å². The molecule has 0 atom stereocenters. The number of nitrogens with two attached hydrogens (primary N) is 1. The van der Waals surface area contributed by atoms with E-state index in [0.29, 0.717) is 33.8 Å². The minimum Gasteiger partial charge on any atom is -0.392 e. The number of aliphatic hydroxyl groups is 2. The van der Waals surface area contributed by atoms with Gasteiger partial charge < -0.3 is 26.2 Å². The number of hydrogen-bond acceptors (Lipinski definition) is 7. The molecule has 5 N–H and O–H groups in total. The van der Waals surface area contributed by atoms with Crippen LogP contribution in [0.3, 0.4) is 0 Å². The summed E-state index contributed by atoms with van der Waals surface area (Å²) in [6.07, 6.45) is 0. The molecule has 0 unspecified atom stereocenters. The van der Waals surface area contributed by atoms with Crippen LogP contribution in [0.2, 0.25) is 0 Å². The summed E-state index contributed by atoms with van der Waals surface area (Å²) in [6.45, 7) is 3.18. The number of hydrogen-bond donors (Lipinski definition) is 4. The average Bonchev–Trinajstić information content (AvgIpc) is 2.54. The molecule has 112 valence electrons. The zero-order chi connectivity index (χ0) is 14.8. The minimum atomic E-state index is -0.148. The van der Waals surface area contributed by atoms with Crippen molar-refractivity contribution >= 4 is 22.7 Å². The predicted molar refractivity (Wildman–Crippen MR) is 80.9 cm³/mol. The van der Waals surface area contributed by atoms with Gasteiger partial charge in [0.1, 0.15) is 5.82 Å². The fourth-order valence-corrected chi connectivity index (χ4v) is 2.58. The molecule has 7 heteroatoms. The lowest BCUT2D eigenvalue weighted by atomic mass is 10.1. The molecular weight excluding hydrogens is 270 g/mol. The van der Waals surface area contributed by atoms with E-state index in [1.54, 1.807) is 12.1 Å². The molecule has 0 saturated carbocycles. The van der Waals surface area contributed by atoms with Crippen LogP contribution in [0.1, 0.15) is 11.1 Å². The molecule has 0 bridgehead atoms. The van der Waals surface area contributed by atoms with Gasteiger partial charge in [-0.25, -0.2) is 4.98 Å². The second kappa shape index (κ2) is 5.80. The number of aromatic nitrogens is 2. The van der Waals surface area contributed by atoms with Gasteiger partial charge in [-0.1, -0.05) is 0 Å². The van der Waals surface area contributed by atoms with Gasteiger partial charge in [0, 0.05) is 31.6 Å². The molecule has 0 radical (unpaired) electrons. The number of piperazine rings is 1. The highest BCUT2D eigenvalue weighted by atomic mass is 16.3. The van der Waals surface area contributed by atoms with Crippen LogP contribution in [0.25, 0.3) is 10.9 Å². The Kier molecular flexibility index (Phi) is 3.87. The van der Waals surface area contributed by atoms with Crippen molar-refractivity contribution in [1.82, 2.24) is 15.3 Å². The van der Waals surface area contributed by atoms with E-state index >= 15 is 0 Å². The summed E-state index contributed by atoms with van der Waals surface area (Å²) in [5.41, 5.74) is 8.04. The van der Waals surface area contributed by atoms with E-state index in [1.165, 1.54) is 0 Å². The number of fused-ring (bicyclic) bond motifs is 1. The number of benzene rings is 1. The quantitative estimate of drug-likeness (QED) is 0.609. The summed E-state index contributed by atoms with van der Waals surface area (Å²) in [4.78, 5) is 11.0. The summed E-state index contributed by atoms with van der Waals surface area (Å²) in [7, 11) is 0. The van der Waals surface area contributed by atoms with E-state index in [2.05, 4.69) is 20.2 Å². The van der Waals surface area contributed by atoms with Gasteiger partial charge in [-0.05, 0) is 23.3 Å². The molecule has 2 aromatic rings. The topological polar surface area (TPSA) is 108 Å². The number of anilines is 2. The van der Waals surface area contributed by atoms with Gasteiger partial charge in [0.05, 0.1) is 18.7 Å². The Morgan fingerprint density at radius 1 is 1.10 bits per heavy atom. The van der Waals surface area contributed by atoms with Crippen molar-refractivity contribution in [3.63, 3.8) is 0 Å². The van der Waals surface area contributed by atoms with E-state index in [9.17, 15) is 10.2 Å². The predicted octanol–water partition coefficient (Wildman–Crippen LogP) is -0.394. The zero-order valence-corrected chi connectivity index (χ0v) is 11.7. The van der Waals surface area contributed by atoms with Gasteiger partial charge in [-0.3, -0.25) is 0 Å². The lowest BCUT2D eigenvalue weighted by Crippen LogP contribution is -2.44. The Hall–Kier alpha value is -1.96. The Labute approximate surface area is 122 Å². The maximum absolute atomic E-state index is 9.39. The van der Waals surface area contributed by atoms with Gasteiger partial charge in [-0.2, -0.15) is 4.98 Å². The second-order valence-corrected chi connectivity index (χ2v) is 5.10. The van der Waals surface area contributed by atoms with Gasteiger partial charge >= 0.3 is 0 Å². The van der Waals surface area contributed by atoms with Crippen molar-refractivity contribution in [3.8, 4) is 0 Å². The largest absolute Gasteiger partial charge is 0.392 e. The molecule has 7 nitrogen and oxygen atoms in total. The second-order valence-electron chi connectivity index (χ2n) is 5.10. The number of aliphatic hydroxyl groups excluding tert-OH is 2. The van der Waals surface area contributed by atoms with E-state index in [-0.39, 0.29) is 13.2 Å². The Balaban J connectivity index is 2.09. The summed E-state index contributed by atoms with van der Waals surface area (Å²) in [5, 5.41) is 22.7. The number of nitrogens with zero attached hydrogens (tertiary/aromatic N) is 3. The number of nitrogens with one attached hydrogen (secondary N) is 1. The first-order valence-electron chi connectivity index (χ1n) is 6.99. The first-order chi connectivity index (χ1) is 10.2. The number of rotatable bonds is 3. The van der Waals surface area contributed by atoms with Gasteiger partial charge in [-0.15, -0.1) is 0 Å². The molecule has 1 saturated heterocycles. The van der Waals surface area contributed by atoms with E-state index in [0.717, 1.165) is 26.2 Å². The summed E-state index contributed by atoms with van der Waals surface area (Å²) >= 11 is 0. The van der Waals surface area contributed by atoms with Gasteiger partial charge in [0.15, 0.2) is 0 Å². The fourth-order valence-electron chi connectivity index (χ4n) is 2.58. The van der Waals surface area contributed by atoms with Crippen molar-refractivity contribution in [2.75, 3.05) is 36.8 Å². The molecule has 1 aliphatic rings. The molecule has 3 rings (SSSR count). The SMILES string of the molecule is Nc1nc(N2CCNCC2)nc2cc(CO)c(CO)cc12. The fraction of sp³-hybridized carbons (Fsp3) is 0.429. The van der Waals surface area contributed by atoms with Gasteiger partial charge in [0.25, 0.3) is 0 Å². The molecule has 0 spiro atoms. The van der Waals surface area contributed by atoms with Crippen LogP contribution in [0.4, 0.5) is 11.8 Å². The molecule has 0 aliphatic carbocycles. The van der Waals surface area contributed by atoms with Crippen molar-refractivity contribution in [2.45, 2.75) is 13.2 Å². The molecule has 21 heavy (non-hydrogen) atoms. The lowest BCUT2D eigenvalue weighted by molar-refractivity contribution is 0.260. The van der Waals surface area contributed by atoms with Crippen LogP contribution in [0.5, 0.6) is 0 Å². The van der Waals surface area contributed by atoms with E-state index in [1.807, 2.05) is 0 Å². The minimum absolute atomic E-state index is 0.140. The summed E-state index contributed by atoms with van der Waals surface area (Å²) in [6, 6.07) is 3.52. The Morgan fingerprint density at radius 3 is 2.43 bits per heavy atom. The van der Waals surface area contributed by atoms with Crippen molar-refractivity contribution in [3.05, 3.63) is 23.3 Å². The molecule has 2 heterocycles. The maximum Gasteiger partial charge on any atom is 0.227 e. The lowest BCUT2D eigenvalue weighted by Gasteiger charge is -2.27. The van der Waals surface area contributed by atoms with Crippen molar-refractivity contribution in [1.29, 1.82) is 0 Å². The van der Waals surface area contributed by atoms with Crippen LogP contribution >= 0.6 is 0 Å². The molecule has 1 aromatic heterocycles. The van der Waals surface area contributed by atoms with Crippen LogP contribution in [-0.2, 0) is 13.2 Å². The van der Waals surface area contributed by atoms with Gasteiger partial charge in [0.2, 0.25) is 5.95 Å². The highest BCUT2D eigenvalue weighted by molar-refractivity contribution is 5.90. The summed E-state index contributed by atoms with van der Waals surface area (Å²) < 4.78 is 0. The van der Waals surface area contributed by atoms with E-state index < -0.39 is 0 Å². The van der Waals surface area contributed by atoms with Crippen LogP contribution in [0, 0.1) is 0 Å². The molecule has 1 fully saturated rings. The van der Waals surface area contributed by atoms with Crippen molar-refractivity contribution in [2.24, 2.45) is 0 Å². The normalized spacial score (nSPS) is 15.6. The average molecular weight is 289 g/mol. The zero-order valence-electron chi connectivity index (χ0n) is 11.7. The molecule has 1 aliphatic heterocycles. The van der Waals surface area contributed by atoms with Crippen LogP contribution < -0.4 is 16.0 Å². The molecular formula is C14H19N5O2. The van der Waals surface area contributed by atoms with Crippen molar-refractivity contribution < 1.29 is 10.2 Å². The third kappa shape index (κ3) is 2.63. The third-order valence-corrected chi connectivity index (χ3v) is 3.78. The standard InChI is InChI=1S/C14H19N5O2/c15-13-11-5-9(7-20)10(8-21)6-12(11)17-14(18-13)19-3-1-16-2-4-19/h5-6,16,20-21H,1-4,7-8H2,(H2,15,17,18). The molecule has 1 aromatic carbocycles. The highest BCUT2D eigenvalue weighted by Gasteiger charge is 2.16. The smallest absolute Gasteiger partial charge is 0.227 e.